The summed E-state index contributed by atoms with van der Waals surface area (Å²) in [6.07, 6.45) is 2.74. The molecule has 0 radical (unpaired) electrons. The number of alkyl carbamates (subject to hydrolysis) is 1. The summed E-state index contributed by atoms with van der Waals surface area (Å²) >= 11 is 11.4. The molecule has 2 aliphatic heterocycles. The first-order chi connectivity index (χ1) is 15.5. The van der Waals surface area contributed by atoms with E-state index in [1.807, 2.05) is 36.4 Å². The second kappa shape index (κ2) is 10.2. The Bertz CT molecular complexity index is 976. The van der Waals surface area contributed by atoms with E-state index < -0.39 is 11.7 Å². The highest BCUT2D eigenvalue weighted by atomic mass is 35.5. The van der Waals surface area contributed by atoms with E-state index >= 15 is 0 Å². The van der Waals surface area contributed by atoms with Crippen molar-refractivity contribution >= 4 is 35.0 Å². The summed E-state index contributed by atoms with van der Waals surface area (Å²) < 4.78 is 5.34. The zero-order valence-electron chi connectivity index (χ0n) is 17.5. The van der Waals surface area contributed by atoms with E-state index in [0.29, 0.717) is 24.0 Å². The number of piperidine rings is 1. The molecule has 2 heterocycles. The van der Waals surface area contributed by atoms with Crippen molar-refractivity contribution in [1.29, 1.82) is 0 Å². The highest BCUT2D eigenvalue weighted by Gasteiger charge is 2.40. The molecule has 7 nitrogen and oxygen atoms in total. The molecular weight excluding hydrogens is 448 g/mol. The lowest BCUT2D eigenvalue weighted by atomic mass is 9.92. The van der Waals surface area contributed by atoms with Crippen molar-refractivity contribution in [1.82, 2.24) is 21.0 Å². The zero-order valence-corrected chi connectivity index (χ0v) is 19.0. The smallest absolute Gasteiger partial charge is 0.392 e. The minimum Gasteiger partial charge on any atom is -0.392 e. The minimum absolute atomic E-state index is 0.303. The number of rotatable bonds is 5. The maximum Gasteiger partial charge on any atom is 0.414 e. The van der Waals surface area contributed by atoms with Gasteiger partial charge in [-0.05, 0) is 35.5 Å². The van der Waals surface area contributed by atoms with Crippen molar-refractivity contribution in [3.63, 3.8) is 0 Å². The van der Waals surface area contributed by atoms with E-state index in [2.05, 4.69) is 33.1 Å². The molecule has 32 heavy (non-hydrogen) atoms. The second-order valence-electron chi connectivity index (χ2n) is 7.78. The fourth-order valence-corrected chi connectivity index (χ4v) is 4.01. The van der Waals surface area contributed by atoms with E-state index in [4.69, 9.17) is 33.4 Å². The highest BCUT2D eigenvalue weighted by Crippen LogP contribution is 2.32. The number of hydrogen-bond donors (Lipinski definition) is 3. The van der Waals surface area contributed by atoms with Gasteiger partial charge in [0.05, 0.1) is 0 Å². The van der Waals surface area contributed by atoms with Gasteiger partial charge in [0.1, 0.15) is 5.60 Å². The maximum atomic E-state index is 12.1. The predicted molar refractivity (Wildman–Crippen MR) is 126 cm³/mol. The third-order valence-corrected chi connectivity index (χ3v) is 6.14. The lowest BCUT2D eigenvalue weighted by Gasteiger charge is -2.37. The molecule has 3 N–H and O–H groups in total. The Labute approximate surface area is 197 Å². The van der Waals surface area contributed by atoms with Crippen LogP contribution in [0.25, 0.3) is 0 Å². The molecule has 0 saturated carbocycles. The van der Waals surface area contributed by atoms with Gasteiger partial charge < -0.3 is 20.3 Å². The Hall–Kier alpha value is -2.81. The topological polar surface area (TPSA) is 74.9 Å². The van der Waals surface area contributed by atoms with E-state index in [1.165, 1.54) is 5.56 Å². The first-order valence-corrected chi connectivity index (χ1v) is 11.2. The summed E-state index contributed by atoms with van der Waals surface area (Å²) in [5.74, 6) is 0.303. The number of carbonyl (C=O) groups is 1. The average molecular weight is 473 g/mol. The number of likely N-dealkylation sites (tertiary alicyclic amines) is 1. The number of thiocarbonyl (C=S) groups is 1. The van der Waals surface area contributed by atoms with Crippen LogP contribution < -0.4 is 16.1 Å². The van der Waals surface area contributed by atoms with Crippen LogP contribution >= 0.6 is 23.8 Å². The van der Waals surface area contributed by atoms with Crippen molar-refractivity contribution < 1.29 is 14.4 Å². The lowest BCUT2D eigenvalue weighted by molar-refractivity contribution is -0.0742. The van der Waals surface area contributed by atoms with Gasteiger partial charge in [0, 0.05) is 50.1 Å². The van der Waals surface area contributed by atoms with Gasteiger partial charge in [0.25, 0.3) is 0 Å². The molecule has 1 saturated heterocycles. The van der Waals surface area contributed by atoms with Gasteiger partial charge in [0.2, 0.25) is 5.88 Å². The molecule has 168 valence electrons. The van der Waals surface area contributed by atoms with Gasteiger partial charge >= 0.3 is 6.09 Å². The first-order valence-electron chi connectivity index (χ1n) is 10.5. The van der Waals surface area contributed by atoms with Crippen LogP contribution in [-0.2, 0) is 22.7 Å². The Kier molecular flexibility index (Phi) is 7.14. The zero-order chi connectivity index (χ0) is 22.4. The first kappa shape index (κ1) is 22.4. The fraction of sp³-hybridized carbons (Fsp3) is 0.304. The normalized spacial score (nSPS) is 16.8. The molecule has 1 amide bonds. The van der Waals surface area contributed by atoms with Gasteiger partial charge in [-0.15, -0.1) is 0 Å². The van der Waals surface area contributed by atoms with Crippen LogP contribution in [0.1, 0.15) is 24.0 Å². The molecule has 0 atom stereocenters. The number of hydrogen-bond acceptors (Lipinski definition) is 5. The van der Waals surface area contributed by atoms with Gasteiger partial charge in [0.15, 0.2) is 5.11 Å². The van der Waals surface area contributed by atoms with Crippen molar-refractivity contribution in [3.05, 3.63) is 82.7 Å². The van der Waals surface area contributed by atoms with Crippen LogP contribution in [0, 0.1) is 0 Å². The Morgan fingerprint density at radius 3 is 2.44 bits per heavy atom. The molecule has 9 heteroatoms. The summed E-state index contributed by atoms with van der Waals surface area (Å²) in [6.45, 7) is 2.53. The van der Waals surface area contributed by atoms with Crippen LogP contribution in [0.4, 0.5) is 4.79 Å². The quantitative estimate of drug-likeness (QED) is 0.571. The van der Waals surface area contributed by atoms with Gasteiger partial charge in [-0.3, -0.25) is 4.84 Å². The molecular formula is C23H25ClN4O3S. The van der Waals surface area contributed by atoms with E-state index in [0.717, 1.165) is 36.6 Å². The number of nitrogens with one attached hydrogen (secondary N) is 3. The Morgan fingerprint density at radius 2 is 1.72 bits per heavy atom. The third-order valence-electron chi connectivity index (χ3n) is 5.49. The monoisotopic (exact) mass is 472 g/mol. The summed E-state index contributed by atoms with van der Waals surface area (Å²) in [7, 11) is 0. The number of halogens is 1. The number of benzene rings is 2. The molecule has 2 aromatic carbocycles. The number of ether oxygens (including phenoxy) is 1. The third kappa shape index (κ3) is 5.91. The van der Waals surface area contributed by atoms with E-state index in [1.54, 1.807) is 12.1 Å². The summed E-state index contributed by atoms with van der Waals surface area (Å²) in [5, 5.41) is 7.41. The van der Waals surface area contributed by atoms with Crippen LogP contribution in [0.5, 0.6) is 0 Å². The second-order valence-corrected chi connectivity index (χ2v) is 8.60. The Balaban J connectivity index is 1.21. The molecule has 2 aliphatic rings. The molecule has 0 bridgehead atoms. The molecule has 4 rings (SSSR count). The summed E-state index contributed by atoms with van der Waals surface area (Å²) in [6, 6.07) is 17.4. The highest BCUT2D eigenvalue weighted by molar-refractivity contribution is 7.80. The lowest BCUT2D eigenvalue weighted by Crippen LogP contribution is -2.49. The van der Waals surface area contributed by atoms with Gasteiger partial charge in [-0.2, -0.15) is 0 Å². The molecule has 0 aliphatic carbocycles. The molecule has 1 spiro atoms. The van der Waals surface area contributed by atoms with Crippen LogP contribution in [0.2, 0.25) is 5.02 Å². The number of carbonyl (C=O) groups excluding carboxylic acids is 1. The van der Waals surface area contributed by atoms with Crippen LogP contribution in [-0.4, -0.2) is 34.8 Å². The molecule has 0 aromatic heterocycles. The minimum atomic E-state index is -0.553. The number of hydroxylamine groups is 1. The molecule has 0 unspecified atom stereocenters. The van der Waals surface area contributed by atoms with Gasteiger partial charge in [-0.25, -0.2) is 10.3 Å². The predicted octanol–water partition coefficient (Wildman–Crippen LogP) is 3.85. The maximum absolute atomic E-state index is 12.1. The van der Waals surface area contributed by atoms with Crippen molar-refractivity contribution in [3.8, 4) is 0 Å². The van der Waals surface area contributed by atoms with Crippen LogP contribution in [0.3, 0.4) is 0 Å². The number of nitrogens with zero attached hydrogens (tertiary/aromatic N) is 1. The molecule has 1 fully saturated rings. The summed E-state index contributed by atoms with van der Waals surface area (Å²) in [4.78, 5) is 20.0. The Morgan fingerprint density at radius 1 is 1.06 bits per heavy atom. The van der Waals surface area contributed by atoms with Gasteiger partial charge in [-0.1, -0.05) is 54.1 Å². The molecule has 2 aromatic rings. The van der Waals surface area contributed by atoms with Crippen molar-refractivity contribution in [2.24, 2.45) is 0 Å². The standard InChI is InChI=1S/C23H25ClN4O3S/c24-19-8-6-18(7-9-19)16-26-22(29)30-20-14-23(31-27-20)10-12-28(13-11-23)21(32)25-15-17-4-2-1-3-5-17/h1-9,14,27H,10-13,15-16H2,(H,25,32)(H,26,29). The average Bonchev–Trinajstić information content (AvgIpc) is 3.20. The van der Waals surface area contributed by atoms with E-state index in [9.17, 15) is 4.79 Å². The van der Waals surface area contributed by atoms with Crippen LogP contribution in [0.15, 0.2) is 66.6 Å². The number of amides is 1. The summed E-state index contributed by atoms with van der Waals surface area (Å²) in [5.41, 5.74) is 4.35. The SMILES string of the molecule is O=C(NCc1ccc(Cl)cc1)OC1=CC2(CCN(C(=S)NCc3ccccc3)CC2)ON1. The fourth-order valence-electron chi connectivity index (χ4n) is 3.63. The van der Waals surface area contributed by atoms with Crippen molar-refractivity contribution in [2.45, 2.75) is 31.5 Å². The van der Waals surface area contributed by atoms with Crippen molar-refractivity contribution in [2.75, 3.05) is 13.1 Å². The largest absolute Gasteiger partial charge is 0.414 e. The van der Waals surface area contributed by atoms with E-state index in [-0.39, 0.29) is 0 Å².